The molecule has 24 heavy (non-hydrogen) atoms. The maximum absolute atomic E-state index is 12.8. The normalized spacial score (nSPS) is 17.4. The smallest absolute Gasteiger partial charge is 0.322 e. The van der Waals surface area contributed by atoms with E-state index in [1.54, 1.807) is 0 Å². The Hall–Kier alpha value is -2.82. The van der Waals surface area contributed by atoms with Gasteiger partial charge in [0.05, 0.1) is 17.4 Å². The van der Waals surface area contributed by atoms with Gasteiger partial charge in [-0.2, -0.15) is 0 Å². The molecule has 5 nitrogen and oxygen atoms in total. The van der Waals surface area contributed by atoms with Crippen LogP contribution in [0.3, 0.4) is 0 Å². The minimum absolute atomic E-state index is 0.0406. The summed E-state index contributed by atoms with van der Waals surface area (Å²) in [6.45, 7) is 2.61. The lowest BCUT2D eigenvalue weighted by Crippen LogP contribution is -2.34. The summed E-state index contributed by atoms with van der Waals surface area (Å²) in [7, 11) is 0. The van der Waals surface area contributed by atoms with Crippen molar-refractivity contribution in [3.05, 3.63) is 60.0 Å². The van der Waals surface area contributed by atoms with Crippen LogP contribution in [-0.4, -0.2) is 22.6 Å². The second-order valence-corrected chi connectivity index (χ2v) is 6.18. The number of aryl methyl sites for hydroxylation is 1. The Labute approximate surface area is 140 Å². The number of nitrogens with zero attached hydrogens (tertiary/aromatic N) is 2. The quantitative estimate of drug-likeness (QED) is 0.755. The molecule has 1 N–H and O–H groups in total. The van der Waals surface area contributed by atoms with Gasteiger partial charge in [0.15, 0.2) is 5.76 Å². The Morgan fingerprint density at radius 2 is 2.08 bits per heavy atom. The molecule has 5 heteroatoms. The van der Waals surface area contributed by atoms with E-state index in [1.165, 1.54) is 0 Å². The summed E-state index contributed by atoms with van der Waals surface area (Å²) >= 11 is 0. The molecule has 1 aliphatic heterocycles. The van der Waals surface area contributed by atoms with Crippen LogP contribution in [0.25, 0.3) is 10.8 Å². The number of anilines is 1. The Bertz CT molecular complexity index is 882. The number of nitrogens with one attached hydrogen (secondary N) is 1. The first-order valence-corrected chi connectivity index (χ1v) is 8.21. The molecule has 0 radical (unpaired) electrons. The predicted octanol–water partition coefficient (Wildman–Crippen LogP) is 4.51. The van der Waals surface area contributed by atoms with E-state index in [0.717, 1.165) is 47.3 Å². The first kappa shape index (κ1) is 14.8. The van der Waals surface area contributed by atoms with E-state index in [9.17, 15) is 4.79 Å². The molecule has 1 aromatic heterocycles. The van der Waals surface area contributed by atoms with Crippen LogP contribution in [-0.2, 0) is 0 Å². The first-order valence-electron chi connectivity index (χ1n) is 8.21. The van der Waals surface area contributed by atoms with Crippen molar-refractivity contribution in [3.8, 4) is 0 Å². The third kappa shape index (κ3) is 2.62. The number of aromatic nitrogens is 1. The number of amides is 2. The molecule has 2 aromatic carbocycles. The Morgan fingerprint density at radius 3 is 2.92 bits per heavy atom. The molecule has 0 spiro atoms. The van der Waals surface area contributed by atoms with Gasteiger partial charge in [-0.05, 0) is 31.2 Å². The lowest BCUT2D eigenvalue weighted by atomic mass is 10.1. The molecule has 3 aromatic rings. The Morgan fingerprint density at radius 1 is 1.25 bits per heavy atom. The van der Waals surface area contributed by atoms with E-state index in [4.69, 9.17) is 4.52 Å². The van der Waals surface area contributed by atoms with Gasteiger partial charge < -0.3 is 14.7 Å². The fourth-order valence-electron chi connectivity index (χ4n) is 3.37. The van der Waals surface area contributed by atoms with Gasteiger partial charge in [0.2, 0.25) is 0 Å². The highest BCUT2D eigenvalue weighted by Crippen LogP contribution is 2.33. The second-order valence-electron chi connectivity index (χ2n) is 6.18. The summed E-state index contributed by atoms with van der Waals surface area (Å²) in [4.78, 5) is 14.6. The van der Waals surface area contributed by atoms with Gasteiger partial charge in [-0.3, -0.25) is 0 Å². The van der Waals surface area contributed by atoms with E-state index in [2.05, 4.69) is 10.5 Å². The van der Waals surface area contributed by atoms with Gasteiger partial charge in [0.25, 0.3) is 0 Å². The highest BCUT2D eigenvalue weighted by molar-refractivity contribution is 6.01. The summed E-state index contributed by atoms with van der Waals surface area (Å²) in [5.41, 5.74) is 1.67. The van der Waals surface area contributed by atoms with Crippen LogP contribution in [0.1, 0.15) is 30.3 Å². The van der Waals surface area contributed by atoms with Crippen molar-refractivity contribution in [3.63, 3.8) is 0 Å². The monoisotopic (exact) mass is 321 g/mol. The number of benzene rings is 2. The number of likely N-dealkylation sites (tertiary alicyclic amines) is 1. The maximum atomic E-state index is 12.8. The molecule has 122 valence electrons. The standard InChI is InChI=1S/C19H19N3O2/c1-13-12-18(24-21-13)17-10-5-11-22(17)19(23)20-16-9-4-7-14-6-2-3-8-15(14)16/h2-4,6-9,12,17H,5,10-11H2,1H3,(H,20,23)/t17-/m0/s1. The molecule has 0 unspecified atom stereocenters. The third-order valence-electron chi connectivity index (χ3n) is 4.52. The molecule has 0 saturated carbocycles. The van der Waals surface area contributed by atoms with E-state index < -0.39 is 0 Å². The van der Waals surface area contributed by atoms with Crippen molar-refractivity contribution in [2.75, 3.05) is 11.9 Å². The molecule has 1 aliphatic rings. The fraction of sp³-hybridized carbons (Fsp3) is 0.263. The van der Waals surface area contributed by atoms with Gasteiger partial charge in [-0.1, -0.05) is 41.6 Å². The highest BCUT2D eigenvalue weighted by atomic mass is 16.5. The number of urea groups is 1. The zero-order valence-corrected chi connectivity index (χ0v) is 13.5. The summed E-state index contributed by atoms with van der Waals surface area (Å²) in [6, 6.07) is 15.7. The Balaban J connectivity index is 1.59. The molecule has 1 fully saturated rings. The molecule has 0 aliphatic carbocycles. The zero-order valence-electron chi connectivity index (χ0n) is 13.5. The number of hydrogen-bond acceptors (Lipinski definition) is 3. The van der Waals surface area contributed by atoms with Crippen LogP contribution in [0, 0.1) is 6.92 Å². The minimum Gasteiger partial charge on any atom is -0.359 e. The SMILES string of the molecule is Cc1cc([C@@H]2CCCN2C(=O)Nc2cccc3ccccc23)on1. The largest absolute Gasteiger partial charge is 0.359 e. The molecule has 2 heterocycles. The number of carbonyl (C=O) groups is 1. The van der Waals surface area contributed by atoms with Crippen LogP contribution < -0.4 is 5.32 Å². The highest BCUT2D eigenvalue weighted by Gasteiger charge is 2.32. The summed E-state index contributed by atoms with van der Waals surface area (Å²) < 4.78 is 5.38. The van der Waals surface area contributed by atoms with Gasteiger partial charge in [0.1, 0.15) is 0 Å². The van der Waals surface area contributed by atoms with Crippen LogP contribution in [0.15, 0.2) is 53.1 Å². The third-order valence-corrected chi connectivity index (χ3v) is 4.52. The van der Waals surface area contributed by atoms with E-state index >= 15 is 0 Å². The van der Waals surface area contributed by atoms with E-state index in [-0.39, 0.29) is 12.1 Å². The average Bonchev–Trinajstić information content (AvgIpc) is 3.24. The fourth-order valence-corrected chi connectivity index (χ4v) is 3.37. The second kappa shape index (κ2) is 6.00. The first-order chi connectivity index (χ1) is 11.7. The molecule has 1 saturated heterocycles. The number of carbonyl (C=O) groups excluding carboxylic acids is 1. The van der Waals surface area contributed by atoms with Crippen molar-refractivity contribution < 1.29 is 9.32 Å². The van der Waals surface area contributed by atoms with Crippen molar-refractivity contribution >= 4 is 22.5 Å². The molecule has 1 atom stereocenters. The van der Waals surface area contributed by atoms with Crippen LogP contribution in [0.4, 0.5) is 10.5 Å². The molecular weight excluding hydrogens is 302 g/mol. The molecule has 4 rings (SSSR count). The van der Waals surface area contributed by atoms with Gasteiger partial charge in [-0.25, -0.2) is 4.79 Å². The van der Waals surface area contributed by atoms with Crippen LogP contribution >= 0.6 is 0 Å². The average molecular weight is 321 g/mol. The minimum atomic E-state index is -0.0945. The maximum Gasteiger partial charge on any atom is 0.322 e. The van der Waals surface area contributed by atoms with Gasteiger partial charge >= 0.3 is 6.03 Å². The van der Waals surface area contributed by atoms with Crippen molar-refractivity contribution in [2.24, 2.45) is 0 Å². The van der Waals surface area contributed by atoms with Crippen molar-refractivity contribution in [1.29, 1.82) is 0 Å². The van der Waals surface area contributed by atoms with Gasteiger partial charge in [-0.15, -0.1) is 0 Å². The lowest BCUT2D eigenvalue weighted by Gasteiger charge is -2.23. The van der Waals surface area contributed by atoms with Gasteiger partial charge in [0, 0.05) is 18.0 Å². The lowest BCUT2D eigenvalue weighted by molar-refractivity contribution is 0.195. The van der Waals surface area contributed by atoms with Crippen molar-refractivity contribution in [1.82, 2.24) is 10.1 Å². The zero-order chi connectivity index (χ0) is 16.5. The number of fused-ring (bicyclic) bond motifs is 1. The summed E-state index contributed by atoms with van der Waals surface area (Å²) in [6.07, 6.45) is 1.87. The topological polar surface area (TPSA) is 58.4 Å². The molecular formula is C19H19N3O2. The Kier molecular flexibility index (Phi) is 3.69. The molecule has 2 amide bonds. The van der Waals surface area contributed by atoms with Crippen molar-refractivity contribution in [2.45, 2.75) is 25.8 Å². The number of hydrogen-bond donors (Lipinski definition) is 1. The summed E-state index contributed by atoms with van der Waals surface area (Å²) in [5.74, 6) is 0.762. The summed E-state index contributed by atoms with van der Waals surface area (Å²) in [5, 5.41) is 9.16. The molecule has 0 bridgehead atoms. The number of rotatable bonds is 2. The van der Waals surface area contributed by atoms with E-state index in [0.29, 0.717) is 0 Å². The van der Waals surface area contributed by atoms with Crippen LogP contribution in [0.5, 0.6) is 0 Å². The van der Waals surface area contributed by atoms with E-state index in [1.807, 2.05) is 60.4 Å². The predicted molar refractivity (Wildman–Crippen MR) is 92.9 cm³/mol. The van der Waals surface area contributed by atoms with Crippen LogP contribution in [0.2, 0.25) is 0 Å².